The average molecular weight is 823 g/mol. The summed E-state index contributed by atoms with van der Waals surface area (Å²) in [4.78, 5) is 42.9. The van der Waals surface area contributed by atoms with Gasteiger partial charge in [-0.2, -0.15) is 0 Å². The smallest absolute Gasteiger partial charge is 0.462 e. The molecule has 0 spiro atoms. The number of carbonyl (C=O) groups excluding carboxylic acids is 2. The van der Waals surface area contributed by atoms with E-state index >= 15 is 0 Å². The van der Waals surface area contributed by atoms with Gasteiger partial charge < -0.3 is 29.5 Å². The number of carbonyl (C=O) groups is 2. The van der Waals surface area contributed by atoms with Crippen molar-refractivity contribution in [2.45, 2.75) is 187 Å². The van der Waals surface area contributed by atoms with Crippen molar-refractivity contribution in [3.05, 3.63) is 72.9 Å². The number of hydrogen-bond acceptors (Lipinski definition) is 8. The summed E-state index contributed by atoms with van der Waals surface area (Å²) in [6.45, 7) is 5.69. The van der Waals surface area contributed by atoms with Gasteiger partial charge in [0.1, 0.15) is 6.61 Å². The standard InChI is InChI=1S/C46H79O10P/c1-4-5-25-33-42(47)35-28-23-24-29-36-43(48)34-27-20-17-18-21-30-37-45(49)54-39-44(40-55-57(51,52)53)56-46(50)38-31-22-16-14-12-10-8-6-7-9-11-13-15-19-26-32-41(2)3/h5,18,20-21,23-25,27-29,35-36,41-44,47-48H,4,6-17,19,22,26,30-34,37-40H2,1-3H3,(H2,51,52,53)/b21-18-,24-23-,25-5-,27-20-,35-28+,36-29+/t42-,43+,44-/m1/s1. The van der Waals surface area contributed by atoms with Gasteiger partial charge in [0.05, 0.1) is 18.8 Å². The maximum atomic E-state index is 12.4. The summed E-state index contributed by atoms with van der Waals surface area (Å²) in [7, 11) is -4.80. The largest absolute Gasteiger partial charge is 0.469 e. The highest BCUT2D eigenvalue weighted by Crippen LogP contribution is 2.36. The number of phosphoric acid groups is 1. The van der Waals surface area contributed by atoms with Crippen LogP contribution in [0.5, 0.6) is 0 Å². The topological polar surface area (TPSA) is 160 Å². The maximum absolute atomic E-state index is 12.4. The molecule has 0 fully saturated rings. The van der Waals surface area contributed by atoms with E-state index in [2.05, 4.69) is 18.4 Å². The third-order valence-corrected chi connectivity index (χ3v) is 9.58. The van der Waals surface area contributed by atoms with Crippen LogP contribution in [0, 0.1) is 5.92 Å². The Bertz CT molecular complexity index is 1200. The molecule has 3 atom stereocenters. The minimum atomic E-state index is -4.80. The van der Waals surface area contributed by atoms with Gasteiger partial charge in [-0.25, -0.2) is 4.57 Å². The summed E-state index contributed by atoms with van der Waals surface area (Å²) in [5.74, 6) is -0.228. The maximum Gasteiger partial charge on any atom is 0.469 e. The van der Waals surface area contributed by atoms with E-state index in [0.717, 1.165) is 31.6 Å². The van der Waals surface area contributed by atoms with Gasteiger partial charge in [0.2, 0.25) is 0 Å². The molecule has 10 nitrogen and oxygen atoms in total. The van der Waals surface area contributed by atoms with Gasteiger partial charge in [-0.05, 0) is 44.4 Å². The summed E-state index contributed by atoms with van der Waals surface area (Å²) >= 11 is 0. The van der Waals surface area contributed by atoms with Crippen molar-refractivity contribution >= 4 is 19.8 Å². The molecule has 0 aliphatic rings. The third-order valence-electron chi connectivity index (χ3n) is 9.10. The third kappa shape index (κ3) is 42.8. The van der Waals surface area contributed by atoms with Crippen molar-refractivity contribution in [2.75, 3.05) is 13.2 Å². The van der Waals surface area contributed by atoms with Crippen LogP contribution < -0.4 is 0 Å². The predicted octanol–water partition coefficient (Wildman–Crippen LogP) is 11.3. The number of unbranched alkanes of at least 4 members (excludes halogenated alkanes) is 14. The van der Waals surface area contributed by atoms with Crippen molar-refractivity contribution < 1.29 is 48.2 Å². The monoisotopic (exact) mass is 823 g/mol. The fourth-order valence-corrected chi connectivity index (χ4v) is 6.18. The Morgan fingerprint density at radius 3 is 1.60 bits per heavy atom. The summed E-state index contributed by atoms with van der Waals surface area (Å²) in [6.07, 6.45) is 42.7. The number of aliphatic hydroxyl groups excluding tert-OH is 2. The number of hydrogen-bond donors (Lipinski definition) is 4. The Morgan fingerprint density at radius 2 is 1.09 bits per heavy atom. The number of aliphatic hydroxyl groups is 2. The van der Waals surface area contributed by atoms with E-state index < -0.39 is 44.7 Å². The Morgan fingerprint density at radius 1 is 0.596 bits per heavy atom. The van der Waals surface area contributed by atoms with Crippen LogP contribution in [0.1, 0.15) is 168 Å². The van der Waals surface area contributed by atoms with Crippen LogP contribution in [0.3, 0.4) is 0 Å². The molecule has 328 valence electrons. The highest BCUT2D eigenvalue weighted by Gasteiger charge is 2.22. The van der Waals surface area contributed by atoms with Gasteiger partial charge >= 0.3 is 19.8 Å². The first-order valence-corrected chi connectivity index (χ1v) is 23.3. The molecular weight excluding hydrogens is 743 g/mol. The Kier molecular flexibility index (Phi) is 37.1. The molecule has 0 saturated heterocycles. The van der Waals surface area contributed by atoms with E-state index in [0.29, 0.717) is 32.1 Å². The van der Waals surface area contributed by atoms with Gasteiger partial charge in [0.25, 0.3) is 0 Å². The van der Waals surface area contributed by atoms with Crippen molar-refractivity contribution in [1.82, 2.24) is 0 Å². The summed E-state index contributed by atoms with van der Waals surface area (Å²) in [6, 6.07) is 0. The molecule has 0 aliphatic heterocycles. The van der Waals surface area contributed by atoms with Gasteiger partial charge in [-0.3, -0.25) is 14.1 Å². The van der Waals surface area contributed by atoms with Crippen molar-refractivity contribution in [1.29, 1.82) is 0 Å². The molecule has 0 heterocycles. The fraction of sp³-hybridized carbons (Fsp3) is 0.696. The second kappa shape index (κ2) is 38.9. The second-order valence-electron chi connectivity index (χ2n) is 15.2. The normalized spacial score (nSPS) is 14.4. The molecule has 0 amide bonds. The first kappa shape index (κ1) is 54.4. The lowest BCUT2D eigenvalue weighted by Crippen LogP contribution is -2.29. The quantitative estimate of drug-likeness (QED) is 0.0155. The number of phosphoric ester groups is 1. The number of esters is 2. The molecule has 0 aliphatic carbocycles. The molecule has 0 unspecified atom stereocenters. The highest BCUT2D eigenvalue weighted by atomic mass is 31.2. The number of rotatable bonds is 38. The fourth-order valence-electron chi connectivity index (χ4n) is 5.82. The lowest BCUT2D eigenvalue weighted by atomic mass is 10.0. The van der Waals surface area contributed by atoms with Crippen LogP contribution in [0.2, 0.25) is 0 Å². The highest BCUT2D eigenvalue weighted by molar-refractivity contribution is 7.46. The molecule has 4 N–H and O–H groups in total. The van der Waals surface area contributed by atoms with Crippen molar-refractivity contribution in [2.24, 2.45) is 5.92 Å². The van der Waals surface area contributed by atoms with E-state index in [1.165, 1.54) is 77.0 Å². The minimum absolute atomic E-state index is 0.0834. The summed E-state index contributed by atoms with van der Waals surface area (Å²) < 4.78 is 26.3. The number of ether oxygens (including phenoxy) is 2. The SMILES string of the molecule is CC/C=C\C[C@@H](O)/C=C/C=C\C=C\[C@@H](O)C/C=C\C/C=C\CCC(=O)OC[C@H](COP(=O)(O)O)OC(=O)CCCCCCCCCCCCCCCCCC(C)C. The van der Waals surface area contributed by atoms with Crippen LogP contribution in [-0.4, -0.2) is 63.5 Å². The molecule has 0 aromatic carbocycles. The molecule has 0 bridgehead atoms. The van der Waals surface area contributed by atoms with E-state index in [4.69, 9.17) is 19.3 Å². The lowest BCUT2D eigenvalue weighted by molar-refractivity contribution is -0.161. The van der Waals surface area contributed by atoms with Gasteiger partial charge in [-0.15, -0.1) is 0 Å². The lowest BCUT2D eigenvalue weighted by Gasteiger charge is -2.18. The zero-order chi connectivity index (χ0) is 42.2. The molecule has 0 aromatic heterocycles. The van der Waals surface area contributed by atoms with Crippen LogP contribution in [-0.2, 0) is 28.2 Å². The first-order valence-electron chi connectivity index (χ1n) is 21.8. The van der Waals surface area contributed by atoms with Crippen LogP contribution in [0.4, 0.5) is 0 Å². The van der Waals surface area contributed by atoms with Crippen molar-refractivity contribution in [3.63, 3.8) is 0 Å². The molecular formula is C46H79O10P. The van der Waals surface area contributed by atoms with E-state index in [9.17, 15) is 24.4 Å². The zero-order valence-corrected chi connectivity index (χ0v) is 36.5. The molecule has 0 saturated carbocycles. The molecule has 11 heteroatoms. The Balaban J connectivity index is 4.13. The zero-order valence-electron chi connectivity index (χ0n) is 35.6. The van der Waals surface area contributed by atoms with Crippen LogP contribution in [0.15, 0.2) is 72.9 Å². The van der Waals surface area contributed by atoms with E-state index in [1.807, 2.05) is 43.4 Å². The van der Waals surface area contributed by atoms with Gasteiger partial charge in [0.15, 0.2) is 6.10 Å². The predicted molar refractivity (Wildman–Crippen MR) is 232 cm³/mol. The Labute approximate surface area is 345 Å². The molecule has 57 heavy (non-hydrogen) atoms. The molecule has 0 radical (unpaired) electrons. The van der Waals surface area contributed by atoms with Crippen molar-refractivity contribution in [3.8, 4) is 0 Å². The van der Waals surface area contributed by atoms with Gasteiger partial charge in [0, 0.05) is 12.8 Å². The van der Waals surface area contributed by atoms with Gasteiger partial charge in [-0.1, -0.05) is 190 Å². The van der Waals surface area contributed by atoms with Crippen LogP contribution >= 0.6 is 7.82 Å². The second-order valence-corrected chi connectivity index (χ2v) is 16.4. The Hall–Kier alpha value is -2.59. The van der Waals surface area contributed by atoms with E-state index in [-0.39, 0.29) is 19.4 Å². The van der Waals surface area contributed by atoms with E-state index in [1.54, 1.807) is 36.5 Å². The van der Waals surface area contributed by atoms with Crippen LogP contribution in [0.25, 0.3) is 0 Å². The minimum Gasteiger partial charge on any atom is -0.462 e. The summed E-state index contributed by atoms with van der Waals surface area (Å²) in [5, 5.41) is 19.9. The summed E-state index contributed by atoms with van der Waals surface area (Å²) in [5.41, 5.74) is 0. The average Bonchev–Trinajstić information content (AvgIpc) is 3.16. The molecule has 0 rings (SSSR count). The molecule has 0 aromatic rings. The number of allylic oxidation sites excluding steroid dienone is 8. The first-order chi connectivity index (χ1) is 27.4.